The minimum atomic E-state index is -0.835. The zero-order chi connectivity index (χ0) is 38.9. The zero-order valence-corrected chi connectivity index (χ0v) is 33.7. The number of esters is 2. The number of unbranched alkanes of at least 4 members (excludes halogenated alkanes) is 17. The maximum absolute atomic E-state index is 12.2. The normalized spacial score (nSPS) is 14.1. The van der Waals surface area contributed by atoms with Crippen LogP contribution in [0.3, 0.4) is 0 Å². The lowest BCUT2D eigenvalue weighted by Crippen LogP contribution is -2.28. The molecular formula is C46H78O7. The van der Waals surface area contributed by atoms with Crippen LogP contribution in [0.5, 0.6) is 0 Å². The largest absolute Gasteiger partial charge is 0.462 e. The first-order chi connectivity index (χ1) is 25.9. The average molecular weight is 743 g/mol. The molecule has 0 heterocycles. The quantitative estimate of drug-likeness (QED) is 0.0251. The van der Waals surface area contributed by atoms with Gasteiger partial charge in [-0.15, -0.1) is 0 Å². The van der Waals surface area contributed by atoms with E-state index in [1.165, 1.54) is 96.3 Å². The monoisotopic (exact) mass is 743 g/mol. The van der Waals surface area contributed by atoms with Crippen molar-refractivity contribution in [2.75, 3.05) is 13.2 Å². The number of carbonyl (C=O) groups is 2. The van der Waals surface area contributed by atoms with E-state index in [0.29, 0.717) is 32.1 Å². The van der Waals surface area contributed by atoms with Crippen LogP contribution in [-0.4, -0.2) is 58.8 Å². The minimum absolute atomic E-state index is 0.143. The first-order valence-electron chi connectivity index (χ1n) is 21.2. The number of carbonyl (C=O) groups excluding carboxylic acids is 2. The second kappa shape index (κ2) is 40.4. The lowest BCUT2D eigenvalue weighted by Gasteiger charge is -2.15. The van der Waals surface area contributed by atoms with Crippen molar-refractivity contribution in [3.63, 3.8) is 0 Å². The molecule has 0 fully saturated rings. The van der Waals surface area contributed by atoms with Crippen LogP contribution < -0.4 is 0 Å². The van der Waals surface area contributed by atoms with Gasteiger partial charge in [0, 0.05) is 12.8 Å². The van der Waals surface area contributed by atoms with E-state index in [4.69, 9.17) is 9.47 Å². The summed E-state index contributed by atoms with van der Waals surface area (Å²) in [4.78, 5) is 24.3. The van der Waals surface area contributed by atoms with Crippen LogP contribution in [0.4, 0.5) is 0 Å². The molecule has 0 radical (unpaired) electrons. The molecule has 0 aliphatic carbocycles. The Bertz CT molecular complexity index is 1010. The van der Waals surface area contributed by atoms with Gasteiger partial charge >= 0.3 is 11.9 Å². The van der Waals surface area contributed by atoms with Crippen LogP contribution in [0.1, 0.15) is 174 Å². The maximum Gasteiger partial charge on any atom is 0.306 e. The van der Waals surface area contributed by atoms with Crippen molar-refractivity contribution >= 4 is 11.9 Å². The van der Waals surface area contributed by atoms with Crippen molar-refractivity contribution in [1.82, 2.24) is 0 Å². The Morgan fingerprint density at radius 1 is 0.547 bits per heavy atom. The van der Waals surface area contributed by atoms with Gasteiger partial charge in [-0.1, -0.05) is 196 Å². The van der Waals surface area contributed by atoms with E-state index >= 15 is 0 Å². The number of rotatable bonds is 37. The summed E-state index contributed by atoms with van der Waals surface area (Å²) < 4.78 is 10.5. The van der Waals surface area contributed by atoms with Gasteiger partial charge in [0.15, 0.2) is 6.10 Å². The Morgan fingerprint density at radius 2 is 1.02 bits per heavy atom. The van der Waals surface area contributed by atoms with Gasteiger partial charge in [0.2, 0.25) is 0 Å². The molecule has 0 aromatic carbocycles. The summed E-state index contributed by atoms with van der Waals surface area (Å²) in [5.41, 5.74) is 0. The second-order valence-corrected chi connectivity index (χ2v) is 14.1. The molecule has 0 rings (SSSR count). The van der Waals surface area contributed by atoms with Crippen LogP contribution in [0, 0.1) is 0 Å². The summed E-state index contributed by atoms with van der Waals surface area (Å²) in [5, 5.41) is 29.4. The Balaban J connectivity index is 3.78. The highest BCUT2D eigenvalue weighted by Crippen LogP contribution is 2.15. The third kappa shape index (κ3) is 38.8. The highest BCUT2D eigenvalue weighted by Gasteiger charge is 2.16. The SMILES string of the molecule is CC/C=C\C[C@@H](O)/C=C/C=C\C=C\[C@@H](O)C/C=C\C/C=C\CCC(=O)OC[C@H](CO)OC(=O)CCCCCCCCCCCCCCCCCCCC. The van der Waals surface area contributed by atoms with Gasteiger partial charge in [0.1, 0.15) is 6.61 Å². The molecule has 0 aromatic heterocycles. The van der Waals surface area contributed by atoms with Crippen LogP contribution in [0.15, 0.2) is 72.9 Å². The molecule has 7 nitrogen and oxygen atoms in total. The van der Waals surface area contributed by atoms with Gasteiger partial charge in [0.25, 0.3) is 0 Å². The summed E-state index contributed by atoms with van der Waals surface area (Å²) in [5.74, 6) is -0.758. The third-order valence-electron chi connectivity index (χ3n) is 8.94. The molecular weight excluding hydrogens is 664 g/mol. The van der Waals surface area contributed by atoms with Gasteiger partial charge in [-0.25, -0.2) is 0 Å². The molecule has 0 unspecified atom stereocenters. The van der Waals surface area contributed by atoms with Gasteiger partial charge in [-0.2, -0.15) is 0 Å². The lowest BCUT2D eigenvalue weighted by atomic mass is 10.0. The van der Waals surface area contributed by atoms with Crippen LogP contribution in [-0.2, 0) is 19.1 Å². The molecule has 0 aliphatic heterocycles. The van der Waals surface area contributed by atoms with E-state index in [-0.39, 0.29) is 25.6 Å². The van der Waals surface area contributed by atoms with Gasteiger partial charge in [0.05, 0.1) is 18.8 Å². The van der Waals surface area contributed by atoms with Crippen LogP contribution >= 0.6 is 0 Å². The standard InChI is InChI=1S/C46H78O7/c1-3-5-7-8-9-10-11-12-13-14-15-16-17-18-19-20-25-33-39-46(51)53-44(40-47)41-52-45(50)38-32-24-22-21-23-29-35-43(49)37-31-27-26-30-36-42(48)34-28-6-4-2/h6,22-24,26-31,36-37,42-44,47-49H,3-5,7-21,25,32-35,38-41H2,1-2H3/b24-22-,27-26-,28-6-,29-23-,36-30+,37-31+/t42-,43+,44+/m1/s1. The molecule has 0 bridgehead atoms. The van der Waals surface area contributed by atoms with Gasteiger partial charge in [-0.05, 0) is 38.5 Å². The molecule has 53 heavy (non-hydrogen) atoms. The summed E-state index contributed by atoms with van der Waals surface area (Å²) in [6, 6.07) is 0. The second-order valence-electron chi connectivity index (χ2n) is 14.1. The van der Waals surface area contributed by atoms with E-state index in [0.717, 1.165) is 25.7 Å². The number of allylic oxidation sites excluding steroid dienone is 8. The molecule has 3 atom stereocenters. The van der Waals surface area contributed by atoms with Crippen molar-refractivity contribution in [3.8, 4) is 0 Å². The van der Waals surface area contributed by atoms with Gasteiger partial charge in [-0.3, -0.25) is 9.59 Å². The number of hydrogen-bond donors (Lipinski definition) is 3. The van der Waals surface area contributed by atoms with Gasteiger partial charge < -0.3 is 24.8 Å². The first kappa shape index (κ1) is 50.3. The summed E-state index contributed by atoms with van der Waals surface area (Å²) in [6.07, 6.45) is 47.6. The van der Waals surface area contributed by atoms with E-state index in [9.17, 15) is 24.9 Å². The fourth-order valence-electron chi connectivity index (χ4n) is 5.70. The first-order valence-corrected chi connectivity index (χ1v) is 21.2. The van der Waals surface area contributed by atoms with Crippen molar-refractivity contribution in [2.24, 2.45) is 0 Å². The lowest BCUT2D eigenvalue weighted by molar-refractivity contribution is -0.161. The molecule has 3 N–H and O–H groups in total. The number of hydrogen-bond acceptors (Lipinski definition) is 7. The zero-order valence-electron chi connectivity index (χ0n) is 33.7. The number of aliphatic hydroxyl groups is 3. The van der Waals surface area contributed by atoms with Crippen molar-refractivity contribution in [1.29, 1.82) is 0 Å². The topological polar surface area (TPSA) is 113 Å². The predicted octanol–water partition coefficient (Wildman–Crippen LogP) is 11.3. The average Bonchev–Trinajstić information content (AvgIpc) is 3.15. The Kier molecular flexibility index (Phi) is 38.4. The summed E-state index contributed by atoms with van der Waals surface area (Å²) in [7, 11) is 0. The molecule has 0 aromatic rings. The smallest absolute Gasteiger partial charge is 0.306 e. The van der Waals surface area contributed by atoms with Crippen LogP contribution in [0.2, 0.25) is 0 Å². The molecule has 0 amide bonds. The third-order valence-corrected chi connectivity index (χ3v) is 8.94. The molecule has 304 valence electrons. The minimum Gasteiger partial charge on any atom is -0.462 e. The molecule has 0 saturated heterocycles. The van der Waals surface area contributed by atoms with Crippen molar-refractivity contribution < 1.29 is 34.4 Å². The highest BCUT2D eigenvalue weighted by atomic mass is 16.6. The number of ether oxygens (including phenoxy) is 2. The van der Waals surface area contributed by atoms with E-state index < -0.39 is 24.3 Å². The van der Waals surface area contributed by atoms with E-state index in [2.05, 4.69) is 13.8 Å². The van der Waals surface area contributed by atoms with E-state index in [1.807, 2.05) is 48.6 Å². The fraction of sp³-hybridized carbons (Fsp3) is 0.696. The summed E-state index contributed by atoms with van der Waals surface area (Å²) in [6.45, 7) is 3.80. The number of aliphatic hydroxyl groups excluding tert-OH is 3. The predicted molar refractivity (Wildman–Crippen MR) is 222 cm³/mol. The molecule has 0 saturated carbocycles. The van der Waals surface area contributed by atoms with Crippen LogP contribution in [0.25, 0.3) is 0 Å². The molecule has 7 heteroatoms. The molecule has 0 spiro atoms. The highest BCUT2D eigenvalue weighted by molar-refractivity contribution is 5.70. The Morgan fingerprint density at radius 3 is 1.51 bits per heavy atom. The maximum atomic E-state index is 12.2. The van der Waals surface area contributed by atoms with Crippen molar-refractivity contribution in [3.05, 3.63) is 72.9 Å². The summed E-state index contributed by atoms with van der Waals surface area (Å²) >= 11 is 0. The molecule has 0 aliphatic rings. The van der Waals surface area contributed by atoms with Crippen molar-refractivity contribution in [2.45, 2.75) is 193 Å². The Labute approximate surface area is 324 Å². The Hall–Kier alpha value is -2.74. The van der Waals surface area contributed by atoms with E-state index in [1.54, 1.807) is 24.3 Å². The fourth-order valence-corrected chi connectivity index (χ4v) is 5.70.